The molecule has 1 fully saturated rings. The number of nitrogens with zero attached hydrogens (tertiary/aromatic N) is 4. The molecule has 1 saturated heterocycles. The number of primary amides is 1. The number of benzene rings is 1. The van der Waals surface area contributed by atoms with E-state index in [4.69, 9.17) is 11.5 Å². The number of rotatable bonds is 7. The maximum absolute atomic E-state index is 12.1. The van der Waals surface area contributed by atoms with E-state index in [1.165, 1.54) is 11.3 Å². The van der Waals surface area contributed by atoms with E-state index < -0.39 is 5.91 Å². The molecule has 0 aliphatic carbocycles. The van der Waals surface area contributed by atoms with Crippen LogP contribution < -0.4 is 21.3 Å². The van der Waals surface area contributed by atoms with Gasteiger partial charge in [-0.2, -0.15) is 0 Å². The van der Waals surface area contributed by atoms with Gasteiger partial charge in [0.2, 0.25) is 0 Å². The van der Waals surface area contributed by atoms with E-state index in [0.29, 0.717) is 23.5 Å². The number of likely N-dealkylation sites (N-methyl/N-ethyl adjacent to an activating group) is 1. The summed E-state index contributed by atoms with van der Waals surface area (Å²) >= 11 is 1.25. The molecule has 1 aliphatic heterocycles. The number of nitrogens with two attached hydrogens (primary N) is 2. The van der Waals surface area contributed by atoms with Gasteiger partial charge in [-0.25, -0.2) is 4.98 Å². The van der Waals surface area contributed by atoms with Crippen molar-refractivity contribution >= 4 is 50.3 Å². The average Bonchev–Trinajstić information content (AvgIpc) is 2.94. The molecule has 0 saturated carbocycles. The van der Waals surface area contributed by atoms with Gasteiger partial charge in [-0.15, -0.1) is 11.3 Å². The minimum Gasteiger partial charge on any atom is -0.397 e. The van der Waals surface area contributed by atoms with Crippen LogP contribution in [0.1, 0.15) is 21.7 Å². The molecule has 8 nitrogen and oxygen atoms in total. The van der Waals surface area contributed by atoms with Crippen LogP contribution in [0, 0.1) is 0 Å². The van der Waals surface area contributed by atoms with Gasteiger partial charge in [-0.1, -0.05) is 12.1 Å². The summed E-state index contributed by atoms with van der Waals surface area (Å²) in [4.78, 5) is 35.9. The van der Waals surface area contributed by atoms with E-state index >= 15 is 0 Å². The Labute approximate surface area is 197 Å². The first-order valence-electron chi connectivity index (χ1n) is 11.1. The summed E-state index contributed by atoms with van der Waals surface area (Å²) in [7, 11) is 3.81. The van der Waals surface area contributed by atoms with Gasteiger partial charge in [0.15, 0.2) is 5.78 Å². The molecule has 4 N–H and O–H groups in total. The number of nitrogen functional groups attached to an aromatic ring is 1. The molecule has 1 aliphatic rings. The standard InChI is InChI=1S/C24H30N6O2S/c1-28(2)15-18(31)14-16-4-6-17(7-5-16)29-10-3-11-30(13-12-29)19-8-9-27-24-20(19)21(25)22(33-24)23(26)32/h4-9H,3,10-15,25H2,1-2H3,(H2,26,32). The second-order valence-corrected chi connectivity index (χ2v) is 9.67. The number of carbonyl (C=O) groups excluding carboxylic acids is 2. The highest BCUT2D eigenvalue weighted by atomic mass is 32.1. The molecule has 1 aromatic carbocycles. The van der Waals surface area contributed by atoms with Gasteiger partial charge in [-0.05, 0) is 44.3 Å². The molecular weight excluding hydrogens is 436 g/mol. The highest BCUT2D eigenvalue weighted by Gasteiger charge is 2.22. The lowest BCUT2D eigenvalue weighted by Crippen LogP contribution is -2.30. The third-order valence-electron chi connectivity index (χ3n) is 5.86. The van der Waals surface area contributed by atoms with Gasteiger partial charge >= 0.3 is 0 Å². The molecule has 0 radical (unpaired) electrons. The minimum atomic E-state index is -0.518. The third-order valence-corrected chi connectivity index (χ3v) is 6.99. The highest BCUT2D eigenvalue weighted by Crippen LogP contribution is 2.38. The zero-order chi connectivity index (χ0) is 23.5. The Balaban J connectivity index is 1.47. The van der Waals surface area contributed by atoms with Gasteiger partial charge in [0, 0.05) is 44.5 Å². The smallest absolute Gasteiger partial charge is 0.260 e. The number of anilines is 3. The van der Waals surface area contributed by atoms with Crippen molar-refractivity contribution in [2.45, 2.75) is 12.8 Å². The number of Topliss-reactive ketones (excluding diaryl/α,β-unsaturated/α-hetero) is 1. The number of thiophene rings is 1. The molecule has 33 heavy (non-hydrogen) atoms. The van der Waals surface area contributed by atoms with Crippen LogP contribution in [0.2, 0.25) is 0 Å². The molecule has 0 spiro atoms. The topological polar surface area (TPSA) is 109 Å². The number of amides is 1. The maximum Gasteiger partial charge on any atom is 0.260 e. The second kappa shape index (κ2) is 9.76. The molecule has 2 aromatic heterocycles. The summed E-state index contributed by atoms with van der Waals surface area (Å²) in [6.45, 7) is 3.96. The number of aromatic nitrogens is 1. The van der Waals surface area contributed by atoms with Crippen molar-refractivity contribution in [3.8, 4) is 0 Å². The molecule has 0 atom stereocenters. The Morgan fingerprint density at radius 2 is 1.76 bits per heavy atom. The number of hydrogen-bond acceptors (Lipinski definition) is 8. The molecule has 4 rings (SSSR count). The zero-order valence-electron chi connectivity index (χ0n) is 19.1. The maximum atomic E-state index is 12.1. The van der Waals surface area contributed by atoms with Crippen molar-refractivity contribution in [1.82, 2.24) is 9.88 Å². The van der Waals surface area contributed by atoms with Crippen LogP contribution >= 0.6 is 11.3 Å². The summed E-state index contributed by atoms with van der Waals surface area (Å²) in [6, 6.07) is 10.3. The van der Waals surface area contributed by atoms with Crippen LogP contribution in [0.3, 0.4) is 0 Å². The predicted molar refractivity (Wildman–Crippen MR) is 135 cm³/mol. The normalized spacial score (nSPS) is 14.6. The van der Waals surface area contributed by atoms with Gasteiger partial charge in [0.05, 0.1) is 23.3 Å². The monoisotopic (exact) mass is 466 g/mol. The second-order valence-electron chi connectivity index (χ2n) is 8.67. The lowest BCUT2D eigenvalue weighted by Gasteiger charge is -2.25. The summed E-state index contributed by atoms with van der Waals surface area (Å²) in [5.41, 5.74) is 15.4. The first-order chi connectivity index (χ1) is 15.8. The zero-order valence-corrected chi connectivity index (χ0v) is 19.9. The van der Waals surface area contributed by atoms with Crippen LogP contribution in [0.25, 0.3) is 10.2 Å². The van der Waals surface area contributed by atoms with Crippen molar-refractivity contribution < 1.29 is 9.59 Å². The predicted octanol–water partition coefficient (Wildman–Crippen LogP) is 2.37. The molecule has 0 bridgehead atoms. The number of carbonyl (C=O) groups is 2. The van der Waals surface area contributed by atoms with Crippen molar-refractivity contribution in [2.24, 2.45) is 5.73 Å². The fraction of sp³-hybridized carbons (Fsp3) is 0.375. The number of pyridine rings is 1. The number of ketones is 1. The molecular formula is C24H30N6O2S. The first-order valence-corrected chi connectivity index (χ1v) is 11.9. The summed E-state index contributed by atoms with van der Waals surface area (Å²) in [5, 5.41) is 0.816. The Bertz CT molecular complexity index is 1160. The van der Waals surface area contributed by atoms with Crippen LogP contribution in [-0.2, 0) is 11.2 Å². The quantitative estimate of drug-likeness (QED) is 0.550. The Morgan fingerprint density at radius 3 is 2.45 bits per heavy atom. The summed E-state index contributed by atoms with van der Waals surface area (Å²) in [5.74, 6) is -0.302. The number of hydrogen-bond donors (Lipinski definition) is 2. The lowest BCUT2D eigenvalue weighted by molar-refractivity contribution is -0.119. The van der Waals surface area contributed by atoms with E-state index in [9.17, 15) is 9.59 Å². The molecule has 0 unspecified atom stereocenters. The third kappa shape index (κ3) is 5.09. The fourth-order valence-electron chi connectivity index (χ4n) is 4.35. The van der Waals surface area contributed by atoms with E-state index in [1.807, 2.05) is 25.1 Å². The van der Waals surface area contributed by atoms with Crippen LogP contribution in [0.5, 0.6) is 0 Å². The van der Waals surface area contributed by atoms with E-state index in [-0.39, 0.29) is 5.78 Å². The van der Waals surface area contributed by atoms with Crippen molar-refractivity contribution in [1.29, 1.82) is 0 Å². The Morgan fingerprint density at radius 1 is 1.06 bits per heavy atom. The van der Waals surface area contributed by atoms with E-state index in [2.05, 4.69) is 39.0 Å². The van der Waals surface area contributed by atoms with E-state index in [0.717, 1.165) is 59.8 Å². The molecule has 3 heterocycles. The molecule has 9 heteroatoms. The lowest BCUT2D eigenvalue weighted by atomic mass is 10.1. The minimum absolute atomic E-state index is 0.217. The Hall–Kier alpha value is -3.17. The molecule has 174 valence electrons. The highest BCUT2D eigenvalue weighted by molar-refractivity contribution is 7.21. The van der Waals surface area contributed by atoms with Gasteiger partial charge < -0.3 is 26.2 Å². The Kier molecular flexibility index (Phi) is 6.80. The van der Waals surface area contributed by atoms with Crippen LogP contribution in [0.15, 0.2) is 36.5 Å². The molecule has 1 amide bonds. The summed E-state index contributed by atoms with van der Waals surface area (Å²) in [6.07, 6.45) is 3.20. The van der Waals surface area contributed by atoms with Crippen molar-refractivity contribution in [3.05, 3.63) is 47.0 Å². The number of fused-ring (bicyclic) bond motifs is 1. The summed E-state index contributed by atoms with van der Waals surface area (Å²) < 4.78 is 0. The van der Waals surface area contributed by atoms with Gasteiger partial charge in [0.25, 0.3) is 5.91 Å². The average molecular weight is 467 g/mol. The molecule has 3 aromatic rings. The van der Waals surface area contributed by atoms with E-state index in [1.54, 1.807) is 6.20 Å². The first kappa shape index (κ1) is 23.0. The largest absolute Gasteiger partial charge is 0.397 e. The fourth-order valence-corrected chi connectivity index (χ4v) is 5.29. The van der Waals surface area contributed by atoms with Crippen molar-refractivity contribution in [3.63, 3.8) is 0 Å². The van der Waals surface area contributed by atoms with Gasteiger partial charge in [0.1, 0.15) is 9.71 Å². The SMILES string of the molecule is CN(C)CC(=O)Cc1ccc(N2CCCN(c3ccnc4sc(C(N)=O)c(N)c34)CC2)cc1. The van der Waals surface area contributed by atoms with Crippen molar-refractivity contribution in [2.75, 3.05) is 62.4 Å². The van der Waals surface area contributed by atoms with Crippen LogP contribution in [-0.4, -0.2) is 68.4 Å². The van der Waals surface area contributed by atoms with Crippen LogP contribution in [0.4, 0.5) is 17.1 Å². The van der Waals surface area contributed by atoms with Gasteiger partial charge in [-0.3, -0.25) is 9.59 Å².